The van der Waals surface area contributed by atoms with Crippen LogP contribution in [0.5, 0.6) is 0 Å². The molecule has 2 heterocycles. The largest absolute Gasteiger partial charge is 0.390 e. The van der Waals surface area contributed by atoms with Crippen LogP contribution >= 0.6 is 0 Å². The van der Waals surface area contributed by atoms with Crippen molar-refractivity contribution >= 4 is 0 Å². The first-order valence-corrected chi connectivity index (χ1v) is 7.35. The fourth-order valence-electron chi connectivity index (χ4n) is 3.33. The first-order valence-electron chi connectivity index (χ1n) is 7.35. The van der Waals surface area contributed by atoms with Crippen molar-refractivity contribution in [2.45, 2.75) is 49.5 Å². The molecule has 2 aliphatic rings. The van der Waals surface area contributed by atoms with Crippen molar-refractivity contribution in [2.75, 3.05) is 13.2 Å². The molecule has 0 spiro atoms. The maximum absolute atomic E-state index is 10.3. The van der Waals surface area contributed by atoms with E-state index in [2.05, 4.69) is 10.3 Å². The van der Waals surface area contributed by atoms with E-state index in [0.717, 1.165) is 31.6 Å². The molecule has 1 aliphatic heterocycles. The number of aliphatic hydroxyl groups is 2. The zero-order valence-corrected chi connectivity index (χ0v) is 11.5. The molecule has 0 bridgehead atoms. The van der Waals surface area contributed by atoms with Crippen LogP contribution in [0.25, 0.3) is 0 Å². The van der Waals surface area contributed by atoms with Crippen molar-refractivity contribution in [3.05, 3.63) is 30.1 Å². The van der Waals surface area contributed by atoms with Crippen molar-refractivity contribution in [2.24, 2.45) is 0 Å². The second kappa shape index (κ2) is 6.18. The summed E-state index contributed by atoms with van der Waals surface area (Å²) in [6.45, 7) is 1.53. The molecule has 1 saturated carbocycles. The summed E-state index contributed by atoms with van der Waals surface area (Å²) in [6, 6.07) is 4.19. The molecule has 0 radical (unpaired) electrons. The van der Waals surface area contributed by atoms with Crippen LogP contribution < -0.4 is 5.32 Å². The lowest BCUT2D eigenvalue weighted by Gasteiger charge is -2.31. The molecule has 3 N–H and O–H groups in total. The van der Waals surface area contributed by atoms with Gasteiger partial charge in [0.15, 0.2) is 0 Å². The van der Waals surface area contributed by atoms with Crippen molar-refractivity contribution < 1.29 is 14.9 Å². The zero-order chi connectivity index (χ0) is 13.9. The summed E-state index contributed by atoms with van der Waals surface area (Å²) >= 11 is 0. The van der Waals surface area contributed by atoms with Gasteiger partial charge in [-0.2, -0.15) is 0 Å². The average Bonchev–Trinajstić information content (AvgIpc) is 2.78. The molecule has 0 unspecified atom stereocenters. The molecule has 2 fully saturated rings. The minimum Gasteiger partial charge on any atom is -0.390 e. The van der Waals surface area contributed by atoms with Crippen LogP contribution in [0.1, 0.15) is 30.7 Å². The summed E-state index contributed by atoms with van der Waals surface area (Å²) in [5, 5.41) is 23.8. The predicted molar refractivity (Wildman–Crippen MR) is 74.4 cm³/mol. The lowest BCUT2D eigenvalue weighted by Crippen LogP contribution is -2.48. The van der Waals surface area contributed by atoms with E-state index in [1.807, 2.05) is 12.1 Å². The number of aliphatic hydroxyl groups excluding tert-OH is 2. The van der Waals surface area contributed by atoms with Gasteiger partial charge in [-0.25, -0.2) is 0 Å². The topological polar surface area (TPSA) is 74.6 Å². The van der Waals surface area contributed by atoms with Gasteiger partial charge >= 0.3 is 0 Å². The molecule has 1 aliphatic carbocycles. The minimum atomic E-state index is -0.712. The van der Waals surface area contributed by atoms with Crippen LogP contribution in [0, 0.1) is 0 Å². The van der Waals surface area contributed by atoms with Gasteiger partial charge in [0.1, 0.15) is 0 Å². The Morgan fingerprint density at radius 1 is 1.15 bits per heavy atom. The molecule has 0 amide bonds. The van der Waals surface area contributed by atoms with Gasteiger partial charge < -0.3 is 20.3 Å². The van der Waals surface area contributed by atoms with E-state index in [9.17, 15) is 10.2 Å². The monoisotopic (exact) mass is 278 g/mol. The second-order valence-electron chi connectivity index (χ2n) is 5.76. The Morgan fingerprint density at radius 2 is 1.85 bits per heavy atom. The fraction of sp³-hybridized carbons (Fsp3) is 0.667. The summed E-state index contributed by atoms with van der Waals surface area (Å²) in [6.07, 6.45) is 4.66. The number of hydrogen-bond acceptors (Lipinski definition) is 5. The molecular weight excluding hydrogens is 256 g/mol. The van der Waals surface area contributed by atoms with E-state index in [-0.39, 0.29) is 12.0 Å². The second-order valence-corrected chi connectivity index (χ2v) is 5.76. The summed E-state index contributed by atoms with van der Waals surface area (Å²) in [4.78, 5) is 4.03. The van der Waals surface area contributed by atoms with E-state index >= 15 is 0 Å². The molecule has 20 heavy (non-hydrogen) atoms. The molecule has 1 aromatic heterocycles. The summed E-state index contributed by atoms with van der Waals surface area (Å²) in [5.41, 5.74) is 1.13. The Bertz CT molecular complexity index is 422. The molecule has 5 heteroatoms. The molecule has 5 nitrogen and oxygen atoms in total. The SMILES string of the molecule is O[C@H]1[C@H](NC2CCOCC2)[C@@H](c2ccncc2)C[C@H]1O. The van der Waals surface area contributed by atoms with Crippen LogP contribution in [0.3, 0.4) is 0 Å². The van der Waals surface area contributed by atoms with Crippen molar-refractivity contribution in [3.63, 3.8) is 0 Å². The van der Waals surface area contributed by atoms with Gasteiger partial charge in [-0.1, -0.05) is 0 Å². The molecule has 0 aromatic carbocycles. The van der Waals surface area contributed by atoms with Gasteiger partial charge in [-0.05, 0) is 37.0 Å². The summed E-state index contributed by atoms with van der Waals surface area (Å²) < 4.78 is 5.36. The Hall–Kier alpha value is -1.01. The Balaban J connectivity index is 1.74. The highest BCUT2D eigenvalue weighted by Gasteiger charge is 2.43. The van der Waals surface area contributed by atoms with Crippen molar-refractivity contribution in [1.29, 1.82) is 0 Å². The predicted octanol–water partition coefficient (Wildman–Crippen LogP) is 0.428. The third kappa shape index (κ3) is 2.86. The van der Waals surface area contributed by atoms with Gasteiger partial charge in [0, 0.05) is 43.6 Å². The number of hydrogen-bond donors (Lipinski definition) is 3. The lowest BCUT2D eigenvalue weighted by molar-refractivity contribution is 0.0205. The van der Waals surface area contributed by atoms with Crippen molar-refractivity contribution in [3.8, 4) is 0 Å². The normalized spacial score (nSPS) is 35.3. The maximum atomic E-state index is 10.3. The van der Waals surface area contributed by atoms with Crippen LogP contribution in [-0.4, -0.2) is 52.7 Å². The molecule has 4 atom stereocenters. The third-order valence-corrected chi connectivity index (χ3v) is 4.47. The molecule has 1 aromatic rings. The van der Waals surface area contributed by atoms with E-state index in [0.29, 0.717) is 12.5 Å². The van der Waals surface area contributed by atoms with E-state index < -0.39 is 12.2 Å². The third-order valence-electron chi connectivity index (χ3n) is 4.47. The molecular formula is C15H22N2O3. The Kier molecular flexibility index (Phi) is 4.31. The van der Waals surface area contributed by atoms with Gasteiger partial charge in [0.25, 0.3) is 0 Å². The number of nitrogens with zero attached hydrogens (tertiary/aromatic N) is 1. The maximum Gasteiger partial charge on any atom is 0.0957 e. The quantitative estimate of drug-likeness (QED) is 0.747. The first-order chi connectivity index (χ1) is 9.75. The van der Waals surface area contributed by atoms with E-state index in [1.165, 1.54) is 0 Å². The fourth-order valence-corrected chi connectivity index (χ4v) is 3.33. The Labute approximate surface area is 119 Å². The zero-order valence-electron chi connectivity index (χ0n) is 11.5. The number of pyridine rings is 1. The lowest BCUT2D eigenvalue weighted by atomic mass is 9.93. The molecule has 3 rings (SSSR count). The number of aromatic nitrogens is 1. The van der Waals surface area contributed by atoms with Crippen LogP contribution in [0.2, 0.25) is 0 Å². The van der Waals surface area contributed by atoms with Crippen molar-refractivity contribution in [1.82, 2.24) is 10.3 Å². The number of rotatable bonds is 3. The summed E-state index contributed by atoms with van der Waals surface area (Å²) in [5.74, 6) is 0.130. The van der Waals surface area contributed by atoms with Gasteiger partial charge in [0.05, 0.1) is 12.2 Å². The van der Waals surface area contributed by atoms with Crippen LogP contribution in [0.15, 0.2) is 24.5 Å². The highest BCUT2D eigenvalue weighted by Crippen LogP contribution is 2.35. The highest BCUT2D eigenvalue weighted by atomic mass is 16.5. The minimum absolute atomic E-state index is 0.101. The van der Waals surface area contributed by atoms with Gasteiger partial charge in [-0.3, -0.25) is 4.98 Å². The number of ether oxygens (including phenoxy) is 1. The standard InChI is InChI=1S/C15H22N2O3/c18-13-9-12(10-1-5-16-6-2-10)14(15(13)19)17-11-3-7-20-8-4-11/h1-2,5-6,11-15,17-19H,3-4,7-9H2/t12-,13-,14-,15-/m1/s1. The average molecular weight is 278 g/mol. The van der Waals surface area contributed by atoms with E-state index in [1.54, 1.807) is 12.4 Å². The first kappa shape index (κ1) is 13.9. The highest BCUT2D eigenvalue weighted by molar-refractivity contribution is 5.22. The van der Waals surface area contributed by atoms with Crippen LogP contribution in [0.4, 0.5) is 0 Å². The van der Waals surface area contributed by atoms with E-state index in [4.69, 9.17) is 4.74 Å². The van der Waals surface area contributed by atoms with Crippen LogP contribution in [-0.2, 0) is 4.74 Å². The number of nitrogens with one attached hydrogen (secondary N) is 1. The van der Waals surface area contributed by atoms with Gasteiger partial charge in [-0.15, -0.1) is 0 Å². The Morgan fingerprint density at radius 3 is 2.55 bits per heavy atom. The summed E-state index contributed by atoms with van der Waals surface area (Å²) in [7, 11) is 0. The smallest absolute Gasteiger partial charge is 0.0957 e. The van der Waals surface area contributed by atoms with Gasteiger partial charge in [0.2, 0.25) is 0 Å². The molecule has 1 saturated heterocycles. The molecule has 110 valence electrons.